The fourth-order valence-electron chi connectivity index (χ4n) is 2.98. The zero-order valence-electron chi connectivity index (χ0n) is 16.1. The van der Waals surface area contributed by atoms with Gasteiger partial charge in [-0.05, 0) is 49.2 Å². The minimum Gasteiger partial charge on any atom is -0.458 e. The highest BCUT2D eigenvalue weighted by Crippen LogP contribution is 2.31. The van der Waals surface area contributed by atoms with E-state index in [1.54, 1.807) is 6.20 Å². The van der Waals surface area contributed by atoms with Gasteiger partial charge in [-0.15, -0.1) is 0 Å². The average molecular weight is 371 g/mol. The fourth-order valence-corrected chi connectivity index (χ4v) is 2.98. The molecule has 0 aliphatic carbocycles. The molecule has 0 radical (unpaired) electrons. The lowest BCUT2D eigenvalue weighted by atomic mass is 10.1. The first-order chi connectivity index (χ1) is 13.6. The number of hydrogen-bond donors (Lipinski definition) is 0. The van der Waals surface area contributed by atoms with Gasteiger partial charge in [0.2, 0.25) is 12.2 Å². The minimum absolute atomic E-state index is 0.546. The molecule has 0 amide bonds. The summed E-state index contributed by atoms with van der Waals surface area (Å²) in [6.07, 6.45) is 8.86. The summed E-state index contributed by atoms with van der Waals surface area (Å²) in [4.78, 5) is 4.19. The van der Waals surface area contributed by atoms with E-state index >= 15 is 0 Å². The number of benzene rings is 2. The van der Waals surface area contributed by atoms with E-state index in [0.717, 1.165) is 22.6 Å². The van der Waals surface area contributed by atoms with Crippen LogP contribution in [0, 0.1) is 20.2 Å². The topological polar surface area (TPSA) is 40.2 Å². The van der Waals surface area contributed by atoms with Crippen LogP contribution in [-0.4, -0.2) is 9.55 Å². The van der Waals surface area contributed by atoms with Gasteiger partial charge in [0.1, 0.15) is 17.2 Å². The Labute approximate surface area is 164 Å². The number of hydrogen-bond acceptors (Lipinski definition) is 3. The number of rotatable bonds is 5. The second-order valence-electron chi connectivity index (χ2n) is 6.63. The number of nitrogens with zero attached hydrogens (tertiary/aromatic N) is 3. The number of pyridine rings is 1. The van der Waals surface area contributed by atoms with Crippen molar-refractivity contribution < 1.29 is 14.0 Å². The second-order valence-corrected chi connectivity index (χ2v) is 6.63. The van der Waals surface area contributed by atoms with E-state index in [1.807, 2.05) is 84.0 Å². The quantitative estimate of drug-likeness (QED) is 0.377. The molecule has 0 fully saturated rings. The lowest BCUT2D eigenvalue weighted by molar-refractivity contribution is -0.600. The van der Waals surface area contributed by atoms with E-state index < -0.39 is 0 Å². The highest BCUT2D eigenvalue weighted by Gasteiger charge is 2.09. The monoisotopic (exact) mass is 371 g/mol. The molecule has 0 spiro atoms. The molecule has 0 aliphatic rings. The summed E-state index contributed by atoms with van der Waals surface area (Å²) in [7, 11) is 1.95. The van der Waals surface area contributed by atoms with Gasteiger partial charge >= 0.3 is 0 Å². The van der Waals surface area contributed by atoms with E-state index in [9.17, 15) is 0 Å². The molecule has 2 aromatic heterocycles. The van der Waals surface area contributed by atoms with Crippen LogP contribution in [0.2, 0.25) is 0 Å². The molecule has 0 saturated heterocycles. The summed E-state index contributed by atoms with van der Waals surface area (Å²) < 4.78 is 15.8. The van der Waals surface area contributed by atoms with Crippen LogP contribution in [0.1, 0.15) is 11.1 Å². The Balaban J connectivity index is 1.61. The van der Waals surface area contributed by atoms with Crippen LogP contribution in [0.4, 0.5) is 0 Å². The van der Waals surface area contributed by atoms with Crippen molar-refractivity contribution >= 4 is 0 Å². The Bertz CT molecular complexity index is 1100. The van der Waals surface area contributed by atoms with Crippen molar-refractivity contribution in [2.24, 2.45) is 7.05 Å². The standard InChI is InChI=1S/C23H21N3O2/c1-17-13-18(2)22(15-21(17)26-12-11-25(3)16-26)27-19-7-6-8-20(14-19)28-23-9-4-5-10-24-23/h4-15H,1-3H3. The van der Waals surface area contributed by atoms with E-state index in [4.69, 9.17) is 9.47 Å². The molecule has 4 rings (SSSR count). The third-order valence-corrected chi connectivity index (χ3v) is 4.35. The Morgan fingerprint density at radius 3 is 2.46 bits per heavy atom. The zero-order valence-corrected chi connectivity index (χ0v) is 16.1. The SMILES string of the molecule is Cc1cc(C)c(-[n+]2[c-]n(C)cc2)cc1Oc1cccc(Oc2ccccn2)c1. The molecule has 2 heterocycles. The number of ether oxygens (including phenoxy) is 2. The second kappa shape index (κ2) is 7.56. The van der Waals surface area contributed by atoms with Gasteiger partial charge < -0.3 is 18.6 Å². The summed E-state index contributed by atoms with van der Waals surface area (Å²) in [6.45, 7) is 4.13. The predicted octanol–water partition coefficient (Wildman–Crippen LogP) is 4.70. The molecular formula is C23H21N3O2. The number of aromatic nitrogens is 3. The lowest BCUT2D eigenvalue weighted by Gasteiger charge is -2.15. The summed E-state index contributed by atoms with van der Waals surface area (Å²) in [6, 6.07) is 17.3. The van der Waals surface area contributed by atoms with E-state index in [0.29, 0.717) is 17.4 Å². The van der Waals surface area contributed by atoms with Gasteiger partial charge in [-0.2, -0.15) is 0 Å². The smallest absolute Gasteiger partial charge is 0.243 e. The van der Waals surface area contributed by atoms with Crippen LogP contribution in [-0.2, 0) is 7.05 Å². The molecule has 4 aromatic rings. The van der Waals surface area contributed by atoms with Crippen molar-refractivity contribution in [2.45, 2.75) is 13.8 Å². The largest absolute Gasteiger partial charge is 0.458 e. The highest BCUT2D eigenvalue weighted by atomic mass is 16.5. The molecule has 0 unspecified atom stereocenters. The maximum absolute atomic E-state index is 6.18. The minimum atomic E-state index is 0.546. The normalized spacial score (nSPS) is 10.7. The molecule has 0 atom stereocenters. The Morgan fingerprint density at radius 2 is 1.75 bits per heavy atom. The van der Waals surface area contributed by atoms with Gasteiger partial charge in [-0.3, -0.25) is 0 Å². The first-order valence-electron chi connectivity index (χ1n) is 9.03. The summed E-state index contributed by atoms with van der Waals surface area (Å²) >= 11 is 0. The van der Waals surface area contributed by atoms with Crippen LogP contribution in [0.15, 0.2) is 73.2 Å². The predicted molar refractivity (Wildman–Crippen MR) is 106 cm³/mol. The lowest BCUT2D eigenvalue weighted by Crippen LogP contribution is -2.29. The number of imidazole rings is 1. The van der Waals surface area contributed by atoms with Gasteiger partial charge in [-0.25, -0.2) is 4.98 Å². The van der Waals surface area contributed by atoms with Crippen molar-refractivity contribution in [1.29, 1.82) is 0 Å². The molecule has 0 bridgehead atoms. The van der Waals surface area contributed by atoms with Crippen LogP contribution >= 0.6 is 0 Å². The third-order valence-electron chi connectivity index (χ3n) is 4.35. The van der Waals surface area contributed by atoms with Gasteiger partial charge in [0, 0.05) is 30.7 Å². The summed E-state index contributed by atoms with van der Waals surface area (Å²) in [5.74, 6) is 2.71. The van der Waals surface area contributed by atoms with Crippen LogP contribution in [0.25, 0.3) is 5.69 Å². The van der Waals surface area contributed by atoms with Gasteiger partial charge in [-0.1, -0.05) is 18.2 Å². The maximum Gasteiger partial charge on any atom is 0.243 e. The fraction of sp³-hybridized carbons (Fsp3) is 0.130. The van der Waals surface area contributed by atoms with Gasteiger partial charge in [0.15, 0.2) is 0 Å². The molecule has 28 heavy (non-hydrogen) atoms. The molecule has 5 nitrogen and oxygen atoms in total. The highest BCUT2D eigenvalue weighted by molar-refractivity contribution is 5.48. The van der Waals surface area contributed by atoms with Gasteiger partial charge in [0.05, 0.1) is 12.7 Å². The molecular weight excluding hydrogens is 350 g/mol. The van der Waals surface area contributed by atoms with Crippen LogP contribution in [0.3, 0.4) is 0 Å². The summed E-state index contributed by atoms with van der Waals surface area (Å²) in [5, 5.41) is 0. The molecule has 140 valence electrons. The Kier molecular flexibility index (Phi) is 4.81. The first kappa shape index (κ1) is 17.8. The van der Waals surface area contributed by atoms with Crippen molar-refractivity contribution in [3.8, 4) is 28.8 Å². The van der Waals surface area contributed by atoms with E-state index in [-0.39, 0.29) is 0 Å². The average Bonchev–Trinajstić information content (AvgIpc) is 3.11. The van der Waals surface area contributed by atoms with Crippen molar-refractivity contribution in [2.75, 3.05) is 0 Å². The summed E-state index contributed by atoms with van der Waals surface area (Å²) in [5.41, 5.74) is 3.25. The maximum atomic E-state index is 6.18. The van der Waals surface area contributed by atoms with Gasteiger partial charge in [0.25, 0.3) is 0 Å². The van der Waals surface area contributed by atoms with Crippen LogP contribution in [0.5, 0.6) is 23.1 Å². The molecule has 0 saturated carbocycles. The van der Waals surface area contributed by atoms with E-state index in [2.05, 4.69) is 24.3 Å². The Morgan fingerprint density at radius 1 is 0.929 bits per heavy atom. The molecule has 0 aliphatic heterocycles. The van der Waals surface area contributed by atoms with Crippen molar-refractivity contribution in [3.05, 3.63) is 90.6 Å². The van der Waals surface area contributed by atoms with Crippen molar-refractivity contribution in [1.82, 2.24) is 9.55 Å². The third kappa shape index (κ3) is 3.88. The first-order valence-corrected chi connectivity index (χ1v) is 9.03. The Hall–Kier alpha value is -3.60. The van der Waals surface area contributed by atoms with Crippen molar-refractivity contribution in [3.63, 3.8) is 0 Å². The molecule has 0 N–H and O–H groups in total. The molecule has 5 heteroatoms. The van der Waals surface area contributed by atoms with E-state index in [1.165, 1.54) is 0 Å². The zero-order chi connectivity index (χ0) is 19.5. The van der Waals surface area contributed by atoms with Crippen LogP contribution < -0.4 is 14.0 Å². The number of aryl methyl sites for hydroxylation is 3. The molecule has 2 aromatic carbocycles.